The molecule has 1 aliphatic rings. The number of allylic oxidation sites excluding steroid dienone is 1. The van der Waals surface area contributed by atoms with E-state index in [1.54, 1.807) is 0 Å². The van der Waals surface area contributed by atoms with E-state index in [0.29, 0.717) is 11.8 Å². The molecule has 0 fully saturated rings. The standard InChI is InChI=1S/2C32H29NOP.2C10H14.4ClH.Fe.2Ru/c2*1-5-17-27(18-6-1)31(33-25-26-15-13-14-16-26)32(28-19-7-2-8-20-28)34-35(29-21-9-3-10-22-29)30-23-11-4-12-24-30;2*1-8(2)10-6-4-9(3)5-7-10;;;;;;;/h2*1-24,31-33H,25H2;2*4-8H,1-3H3;4*1H;;;/q2*-1;;;;;;;3*+2/p-4/t2*31-,32+;;;;;;;;;/m00........./s1. The van der Waals surface area contributed by atoms with Crippen molar-refractivity contribution in [2.45, 2.75) is 84.2 Å². The van der Waals surface area contributed by atoms with Gasteiger partial charge in [-0.1, -0.05) is 330 Å². The summed E-state index contributed by atoms with van der Waals surface area (Å²) in [5.41, 5.74) is 11.5. The van der Waals surface area contributed by atoms with Crippen molar-refractivity contribution < 1.29 is 56.4 Å². The van der Waals surface area contributed by atoms with E-state index < -0.39 is 16.3 Å². The van der Waals surface area contributed by atoms with Gasteiger partial charge in [0, 0.05) is 21.2 Å². The van der Waals surface area contributed by atoms with Gasteiger partial charge in [0.1, 0.15) is 12.2 Å². The van der Waals surface area contributed by atoms with Gasteiger partial charge < -0.3 is 19.7 Å². The topological polar surface area (TPSA) is 42.5 Å². The first-order valence-electron chi connectivity index (χ1n) is 32.0. The number of aryl methyl sites for hydroxylation is 2. The number of rotatable bonds is 22. The average Bonchev–Trinajstić information content (AvgIpc) is 0.992. The molecule has 13 heteroatoms. The monoisotopic (exact) mass is 1620 g/mol. The molecule has 1 aliphatic carbocycles. The predicted molar refractivity (Wildman–Crippen MR) is 409 cm³/mol. The van der Waals surface area contributed by atoms with E-state index in [1.165, 1.54) is 66.1 Å². The molecule has 506 valence electrons. The van der Waals surface area contributed by atoms with Gasteiger partial charge in [-0.3, -0.25) is 0 Å². The zero-order chi connectivity index (χ0) is 68.0. The summed E-state index contributed by atoms with van der Waals surface area (Å²) in [6.07, 6.45) is 8.14. The molecule has 4 nitrogen and oxygen atoms in total. The Morgan fingerprint density at radius 3 is 0.990 bits per heavy atom. The minimum Gasteiger partial charge on any atom is -0.340 e. The molecule has 0 saturated carbocycles. The Hall–Kier alpha value is -5.21. The smallest absolute Gasteiger partial charge is 0.340 e. The van der Waals surface area contributed by atoms with Crippen LogP contribution in [0.25, 0.3) is 0 Å². The van der Waals surface area contributed by atoms with Crippen molar-refractivity contribution >= 4 is 76.3 Å². The molecule has 0 unspecified atom stereocenters. The summed E-state index contributed by atoms with van der Waals surface area (Å²) in [5.74, 6) is 2.58. The largest absolute Gasteiger partial charge is 2.00 e. The van der Waals surface area contributed by atoms with Crippen LogP contribution in [0, 0.1) is 32.6 Å². The predicted octanol–water partition coefficient (Wildman–Crippen LogP) is 22.7. The van der Waals surface area contributed by atoms with Gasteiger partial charge in [0.05, 0.1) is 28.4 Å². The number of nitrogens with one attached hydrogen (secondary N) is 2. The zero-order valence-electron chi connectivity index (χ0n) is 55.5. The molecule has 0 aliphatic heterocycles. The summed E-state index contributed by atoms with van der Waals surface area (Å²) in [4.78, 5) is 0. The number of hydrogen-bond acceptors (Lipinski definition) is 4. The van der Waals surface area contributed by atoms with Crippen LogP contribution in [0.4, 0.5) is 0 Å². The third kappa shape index (κ3) is 28.4. The maximum Gasteiger partial charge on any atom is 2.00 e. The average molecular weight is 1620 g/mol. The second kappa shape index (κ2) is 47.0. The minimum absolute atomic E-state index is 0. The maximum absolute atomic E-state index is 7.20. The second-order valence-corrected chi connectivity index (χ2v) is 32.1. The molecule has 0 amide bonds. The Morgan fingerprint density at radius 1 is 0.392 bits per heavy atom. The van der Waals surface area contributed by atoms with E-state index >= 15 is 0 Å². The van der Waals surface area contributed by atoms with Crippen LogP contribution in [0.15, 0.2) is 328 Å². The van der Waals surface area contributed by atoms with E-state index in [0.717, 1.165) is 24.2 Å². The molecular formula is C84H86Cl4FeN2O2P2Ru2. The van der Waals surface area contributed by atoms with Crippen molar-refractivity contribution in [1.29, 1.82) is 0 Å². The van der Waals surface area contributed by atoms with Gasteiger partial charge in [0.25, 0.3) is 0 Å². The normalized spacial score (nSPS) is 12.6. The van der Waals surface area contributed by atoms with Crippen molar-refractivity contribution in [3.8, 4) is 0 Å². The third-order valence-corrected chi connectivity index (χ3v) is 19.5. The van der Waals surface area contributed by atoms with Gasteiger partial charge in [-0.15, -0.1) is 12.8 Å². The van der Waals surface area contributed by atoms with Crippen LogP contribution in [0.5, 0.6) is 0 Å². The summed E-state index contributed by atoms with van der Waals surface area (Å²) >= 11 is -0.691. The molecule has 12 rings (SSSR count). The number of halogens is 4. The van der Waals surface area contributed by atoms with E-state index in [-0.39, 0.29) is 71.7 Å². The fourth-order valence-corrected chi connectivity index (χ4v) is 14.3. The van der Waals surface area contributed by atoms with Gasteiger partial charge in [0.15, 0.2) is 0 Å². The van der Waals surface area contributed by atoms with Crippen LogP contribution in [-0.4, -0.2) is 6.54 Å². The first-order chi connectivity index (χ1) is 47.0. The van der Waals surface area contributed by atoms with Gasteiger partial charge in [-0.05, 0) is 72.2 Å². The van der Waals surface area contributed by atoms with Crippen molar-refractivity contribution in [1.82, 2.24) is 10.6 Å². The van der Waals surface area contributed by atoms with E-state index in [9.17, 15) is 0 Å². The summed E-state index contributed by atoms with van der Waals surface area (Å²) in [7, 11) is 17.4. The molecule has 0 aromatic heterocycles. The van der Waals surface area contributed by atoms with Crippen LogP contribution in [0.2, 0.25) is 0 Å². The Bertz CT molecular complexity index is 3640. The molecule has 0 saturated heterocycles. The van der Waals surface area contributed by atoms with Crippen LogP contribution in [-0.2, 0) is 63.0 Å². The first-order valence-corrected chi connectivity index (χ1v) is 43.5. The fraction of sp³-hybridized carbons (Fsp3) is 0.167. The van der Waals surface area contributed by atoms with E-state index in [1.807, 2.05) is 0 Å². The van der Waals surface area contributed by atoms with Gasteiger partial charge in [-0.25, -0.2) is 30.2 Å². The quantitative estimate of drug-likeness (QED) is 0.0403. The van der Waals surface area contributed by atoms with Gasteiger partial charge in [-0.2, -0.15) is 17.7 Å². The molecule has 0 heterocycles. The van der Waals surface area contributed by atoms with Gasteiger partial charge >= 0.3 is 86.1 Å². The molecular weight excluding hydrogens is 1530 g/mol. The van der Waals surface area contributed by atoms with Crippen molar-refractivity contribution in [2.75, 3.05) is 6.54 Å². The zero-order valence-corrected chi connectivity index (χ0v) is 64.9. The summed E-state index contributed by atoms with van der Waals surface area (Å²) in [6.45, 7) is 14.6. The summed E-state index contributed by atoms with van der Waals surface area (Å²) in [5, 5.41) is 12.5. The van der Waals surface area contributed by atoms with Crippen LogP contribution >= 0.6 is 55.1 Å². The molecule has 0 spiro atoms. The second-order valence-electron chi connectivity index (χ2n) is 23.2. The van der Waals surface area contributed by atoms with Crippen molar-refractivity contribution in [3.05, 3.63) is 396 Å². The van der Waals surface area contributed by atoms with E-state index in [2.05, 4.69) is 393 Å². The van der Waals surface area contributed by atoms with Crippen LogP contribution in [0.3, 0.4) is 0 Å². The van der Waals surface area contributed by atoms with E-state index in [4.69, 9.17) is 47.8 Å². The molecule has 4 atom stereocenters. The fourth-order valence-electron chi connectivity index (χ4n) is 10.5. The number of benzene rings is 10. The Kier molecular flexibility index (Phi) is 39.1. The molecule has 97 heavy (non-hydrogen) atoms. The van der Waals surface area contributed by atoms with Crippen molar-refractivity contribution in [3.63, 3.8) is 0 Å². The van der Waals surface area contributed by atoms with Crippen LogP contribution < -0.4 is 31.9 Å². The molecule has 11 aromatic rings. The summed E-state index contributed by atoms with van der Waals surface area (Å²) < 4.78 is 14.4. The first kappa shape index (κ1) is 80.8. The van der Waals surface area contributed by atoms with Crippen molar-refractivity contribution in [2.24, 2.45) is 0 Å². The van der Waals surface area contributed by atoms with Gasteiger partial charge in [0.2, 0.25) is 0 Å². The Balaban J connectivity index is 0.000000223. The summed E-state index contributed by atoms with van der Waals surface area (Å²) in [6, 6.07) is 111. The molecule has 2 N–H and O–H groups in total. The molecule has 11 aromatic carbocycles. The Labute approximate surface area is 624 Å². The third-order valence-electron chi connectivity index (χ3n) is 15.6. The molecule has 0 bridgehead atoms. The SMILES string of the molecule is Cc1ccc(C(C)C)cc1.Cc1ccc(C(C)C)cc1.[CH]1[CH][C-](CN[C@@H](c2ccccc2)[C@H](OP(c2ccccc2)c2ccccc2)c2ccccc2)C=C1.[Cl][Ru][Cl].[Cl][Ru][Cl].[Fe+2].c1ccc([C@@H](OP(c2ccccc2)c2ccccc2)[C@@H](NCc2ccc[cH-]2)c2ccccc2)cc1. The van der Waals surface area contributed by atoms with Crippen LogP contribution in [0.1, 0.15) is 114 Å². The Morgan fingerprint density at radius 2 is 0.701 bits per heavy atom. The molecule has 2 radical (unpaired) electrons. The number of hydrogen-bond donors (Lipinski definition) is 2. The minimum atomic E-state index is -1.03. The maximum atomic E-state index is 7.20.